The Morgan fingerprint density at radius 3 is 2.07 bits per heavy atom. The van der Waals surface area contributed by atoms with Gasteiger partial charge in [-0.05, 0) is 36.1 Å². The van der Waals surface area contributed by atoms with Gasteiger partial charge in [0.05, 0.1) is 0 Å². The minimum Gasteiger partial charge on any atom is -0.308 e. The standard InChI is InChI=1S/C13H17N/c1-6-12(7-2)11(5)13(8-3)10(4)9-14/h6-9,14H,1,3,5H2,2,4H3/b12-7-,13-10+,14-9?. The molecule has 0 radical (unpaired) electrons. The van der Waals surface area contributed by atoms with Crippen molar-refractivity contribution in [2.75, 3.05) is 0 Å². The second kappa shape index (κ2) is 5.92. The van der Waals surface area contributed by atoms with Crippen molar-refractivity contribution >= 4 is 6.21 Å². The van der Waals surface area contributed by atoms with Gasteiger partial charge in [-0.1, -0.05) is 38.0 Å². The summed E-state index contributed by atoms with van der Waals surface area (Å²) in [6, 6.07) is 0. The fraction of sp³-hybridized carbons (Fsp3) is 0.154. The fourth-order valence-electron chi connectivity index (χ4n) is 1.17. The molecule has 0 aliphatic heterocycles. The summed E-state index contributed by atoms with van der Waals surface area (Å²) < 4.78 is 0. The summed E-state index contributed by atoms with van der Waals surface area (Å²) in [5, 5.41) is 7.17. The van der Waals surface area contributed by atoms with E-state index in [9.17, 15) is 0 Å². The highest BCUT2D eigenvalue weighted by atomic mass is 14.3. The van der Waals surface area contributed by atoms with E-state index in [2.05, 4.69) is 19.7 Å². The monoisotopic (exact) mass is 187 g/mol. The molecule has 0 unspecified atom stereocenters. The van der Waals surface area contributed by atoms with Crippen molar-refractivity contribution in [3.05, 3.63) is 60.3 Å². The van der Waals surface area contributed by atoms with Crippen molar-refractivity contribution in [3.8, 4) is 0 Å². The van der Waals surface area contributed by atoms with Crippen LogP contribution in [0, 0.1) is 5.41 Å². The molecule has 74 valence electrons. The number of allylic oxidation sites excluding steroid dienone is 7. The Bertz CT molecular complexity index is 327. The minimum atomic E-state index is 0.853. The summed E-state index contributed by atoms with van der Waals surface area (Å²) in [7, 11) is 0. The summed E-state index contributed by atoms with van der Waals surface area (Å²) in [6.07, 6.45) is 6.72. The van der Waals surface area contributed by atoms with Crippen LogP contribution in [0.25, 0.3) is 0 Å². The van der Waals surface area contributed by atoms with Gasteiger partial charge in [0.15, 0.2) is 0 Å². The molecule has 1 heteroatoms. The number of rotatable bonds is 5. The van der Waals surface area contributed by atoms with Crippen molar-refractivity contribution in [2.24, 2.45) is 0 Å². The Kier molecular flexibility index (Phi) is 5.23. The van der Waals surface area contributed by atoms with Crippen LogP contribution in [0.1, 0.15) is 13.8 Å². The van der Waals surface area contributed by atoms with E-state index in [0.717, 1.165) is 22.3 Å². The molecular formula is C13H17N. The van der Waals surface area contributed by atoms with Crippen LogP contribution in [0.5, 0.6) is 0 Å². The molecule has 0 aromatic rings. The van der Waals surface area contributed by atoms with Crippen LogP contribution in [0.4, 0.5) is 0 Å². The molecule has 0 spiro atoms. The second-order valence-corrected chi connectivity index (χ2v) is 2.87. The lowest BCUT2D eigenvalue weighted by Crippen LogP contribution is -1.93. The SMILES string of the molecule is C=C/C(=C/C)C(=C)/C(C=C)=C(\C)C=N. The third-order valence-electron chi connectivity index (χ3n) is 2.05. The Morgan fingerprint density at radius 1 is 1.21 bits per heavy atom. The first-order valence-electron chi connectivity index (χ1n) is 4.44. The molecule has 0 atom stereocenters. The lowest BCUT2D eigenvalue weighted by molar-refractivity contribution is 1.39. The van der Waals surface area contributed by atoms with E-state index in [4.69, 9.17) is 5.41 Å². The zero-order chi connectivity index (χ0) is 11.1. The Balaban J connectivity index is 5.29. The topological polar surface area (TPSA) is 23.9 Å². The smallest absolute Gasteiger partial charge is 0.0213 e. The van der Waals surface area contributed by atoms with E-state index in [-0.39, 0.29) is 0 Å². The third-order valence-corrected chi connectivity index (χ3v) is 2.05. The molecule has 0 aromatic heterocycles. The maximum Gasteiger partial charge on any atom is 0.0213 e. The van der Waals surface area contributed by atoms with Crippen LogP contribution < -0.4 is 0 Å². The molecule has 0 fully saturated rings. The maximum absolute atomic E-state index is 7.17. The van der Waals surface area contributed by atoms with Gasteiger partial charge in [0.25, 0.3) is 0 Å². The van der Waals surface area contributed by atoms with Gasteiger partial charge in [-0.25, -0.2) is 0 Å². The van der Waals surface area contributed by atoms with Gasteiger partial charge in [0.2, 0.25) is 0 Å². The van der Waals surface area contributed by atoms with Crippen molar-refractivity contribution in [1.29, 1.82) is 5.41 Å². The van der Waals surface area contributed by atoms with Gasteiger partial charge < -0.3 is 5.41 Å². The van der Waals surface area contributed by atoms with E-state index < -0.39 is 0 Å². The van der Waals surface area contributed by atoms with Gasteiger partial charge in [-0.2, -0.15) is 0 Å². The van der Waals surface area contributed by atoms with E-state index in [1.54, 1.807) is 12.2 Å². The summed E-state index contributed by atoms with van der Waals surface area (Å²) in [5.41, 5.74) is 3.58. The molecule has 14 heavy (non-hydrogen) atoms. The van der Waals surface area contributed by atoms with Gasteiger partial charge in [-0.3, -0.25) is 0 Å². The van der Waals surface area contributed by atoms with Crippen molar-refractivity contribution in [2.45, 2.75) is 13.8 Å². The highest BCUT2D eigenvalue weighted by Gasteiger charge is 2.04. The predicted molar refractivity (Wildman–Crippen MR) is 64.8 cm³/mol. The Morgan fingerprint density at radius 2 is 1.79 bits per heavy atom. The zero-order valence-corrected chi connectivity index (χ0v) is 8.93. The molecule has 0 bridgehead atoms. The van der Waals surface area contributed by atoms with Gasteiger partial charge in [0, 0.05) is 6.21 Å². The van der Waals surface area contributed by atoms with Crippen LogP contribution in [0.3, 0.4) is 0 Å². The predicted octanol–water partition coefficient (Wildman–Crippen LogP) is 3.83. The largest absolute Gasteiger partial charge is 0.308 e. The van der Waals surface area contributed by atoms with Gasteiger partial charge in [0.1, 0.15) is 0 Å². The van der Waals surface area contributed by atoms with Gasteiger partial charge >= 0.3 is 0 Å². The Labute approximate surface area is 86.4 Å². The van der Waals surface area contributed by atoms with E-state index in [1.807, 2.05) is 19.9 Å². The van der Waals surface area contributed by atoms with Gasteiger partial charge in [-0.15, -0.1) is 0 Å². The highest BCUT2D eigenvalue weighted by Crippen LogP contribution is 2.21. The molecular weight excluding hydrogens is 170 g/mol. The minimum absolute atomic E-state index is 0.853. The first-order chi connectivity index (χ1) is 6.62. The molecule has 1 N–H and O–H groups in total. The van der Waals surface area contributed by atoms with Crippen molar-refractivity contribution < 1.29 is 0 Å². The van der Waals surface area contributed by atoms with E-state index in [1.165, 1.54) is 6.21 Å². The summed E-state index contributed by atoms with van der Waals surface area (Å²) in [6.45, 7) is 15.2. The molecule has 0 heterocycles. The molecule has 1 nitrogen and oxygen atoms in total. The lowest BCUT2D eigenvalue weighted by Gasteiger charge is -2.09. The molecule has 0 amide bonds. The van der Waals surface area contributed by atoms with E-state index in [0.29, 0.717) is 0 Å². The maximum atomic E-state index is 7.17. The third kappa shape index (κ3) is 2.70. The van der Waals surface area contributed by atoms with Crippen LogP contribution in [-0.2, 0) is 0 Å². The molecule has 0 saturated carbocycles. The van der Waals surface area contributed by atoms with Crippen LogP contribution in [0.15, 0.2) is 60.3 Å². The quantitative estimate of drug-likeness (QED) is 0.499. The highest BCUT2D eigenvalue weighted by molar-refractivity contribution is 5.80. The zero-order valence-electron chi connectivity index (χ0n) is 8.93. The first kappa shape index (κ1) is 12.4. The molecule has 0 aliphatic rings. The Hall–Kier alpha value is -1.63. The van der Waals surface area contributed by atoms with Crippen LogP contribution >= 0.6 is 0 Å². The fourth-order valence-corrected chi connectivity index (χ4v) is 1.17. The lowest BCUT2D eigenvalue weighted by atomic mass is 9.96. The normalized spacial score (nSPS) is 12.9. The molecule has 0 rings (SSSR count). The summed E-state index contributed by atoms with van der Waals surface area (Å²) in [5.74, 6) is 0. The second-order valence-electron chi connectivity index (χ2n) is 2.87. The molecule has 0 aliphatic carbocycles. The number of nitrogens with one attached hydrogen (secondary N) is 1. The van der Waals surface area contributed by atoms with Crippen molar-refractivity contribution in [1.82, 2.24) is 0 Å². The summed E-state index contributed by atoms with van der Waals surface area (Å²) >= 11 is 0. The molecule has 0 aromatic carbocycles. The molecule has 0 saturated heterocycles. The average molecular weight is 187 g/mol. The first-order valence-corrected chi connectivity index (χ1v) is 4.44. The van der Waals surface area contributed by atoms with E-state index >= 15 is 0 Å². The van der Waals surface area contributed by atoms with Crippen molar-refractivity contribution in [3.63, 3.8) is 0 Å². The number of hydrogen-bond acceptors (Lipinski definition) is 1. The van der Waals surface area contributed by atoms with Crippen LogP contribution in [0.2, 0.25) is 0 Å². The number of hydrogen-bond donors (Lipinski definition) is 1. The summed E-state index contributed by atoms with van der Waals surface area (Å²) in [4.78, 5) is 0. The van der Waals surface area contributed by atoms with Crippen LogP contribution in [-0.4, -0.2) is 6.21 Å². The average Bonchev–Trinajstić information content (AvgIpc) is 2.20.